The SMILES string of the molecule is O=C1COCC2(O)NC3=C(C(c4ccc(F)c(Br)c4)C12)S(=O)(=O)CC3. The Morgan fingerprint density at radius 3 is 2.88 bits per heavy atom. The van der Waals surface area contributed by atoms with Crippen molar-refractivity contribution in [3.05, 3.63) is 44.7 Å². The van der Waals surface area contributed by atoms with Crippen molar-refractivity contribution in [2.45, 2.75) is 18.1 Å². The monoisotopic (exact) mass is 431 g/mol. The average molecular weight is 432 g/mol. The van der Waals surface area contributed by atoms with Gasteiger partial charge in [0.2, 0.25) is 0 Å². The largest absolute Gasteiger partial charge is 0.369 e. The van der Waals surface area contributed by atoms with Crippen LogP contribution in [0.2, 0.25) is 0 Å². The number of aliphatic hydroxyl groups is 1. The van der Waals surface area contributed by atoms with Crippen LogP contribution >= 0.6 is 15.9 Å². The Bertz CT molecular complexity index is 915. The van der Waals surface area contributed by atoms with Gasteiger partial charge < -0.3 is 15.2 Å². The molecule has 1 aromatic carbocycles. The topological polar surface area (TPSA) is 92.7 Å². The third-order valence-corrected chi connectivity index (χ3v) is 7.49. The minimum atomic E-state index is -3.56. The highest BCUT2D eigenvalue weighted by Gasteiger charge is 2.57. The number of carbonyl (C=O) groups is 1. The molecule has 3 atom stereocenters. The van der Waals surface area contributed by atoms with Gasteiger partial charge in [-0.25, -0.2) is 12.8 Å². The third kappa shape index (κ3) is 2.56. The third-order valence-electron chi connectivity index (χ3n) is 4.97. The quantitative estimate of drug-likeness (QED) is 0.693. The van der Waals surface area contributed by atoms with Crippen molar-refractivity contribution in [2.75, 3.05) is 19.0 Å². The van der Waals surface area contributed by atoms with Crippen LogP contribution in [0.15, 0.2) is 33.3 Å². The number of ether oxygens (including phenoxy) is 1. The summed E-state index contributed by atoms with van der Waals surface area (Å²) in [5.74, 6) is -2.86. The number of sulfone groups is 1. The van der Waals surface area contributed by atoms with Crippen LogP contribution in [-0.2, 0) is 19.4 Å². The predicted molar refractivity (Wildman–Crippen MR) is 89.7 cm³/mol. The zero-order chi connectivity index (χ0) is 18.0. The Kier molecular flexibility index (Phi) is 3.84. The van der Waals surface area contributed by atoms with Gasteiger partial charge in [-0.3, -0.25) is 4.79 Å². The lowest BCUT2D eigenvalue weighted by Gasteiger charge is -2.47. The van der Waals surface area contributed by atoms with E-state index in [1.54, 1.807) is 0 Å². The molecule has 3 heterocycles. The second kappa shape index (κ2) is 5.60. The van der Waals surface area contributed by atoms with Gasteiger partial charge in [0.25, 0.3) is 0 Å². The molecule has 6 nitrogen and oxygen atoms in total. The van der Waals surface area contributed by atoms with E-state index in [2.05, 4.69) is 21.2 Å². The van der Waals surface area contributed by atoms with Crippen LogP contribution in [0.5, 0.6) is 0 Å². The Hall–Kier alpha value is -1.29. The van der Waals surface area contributed by atoms with Gasteiger partial charge in [0.15, 0.2) is 21.3 Å². The first kappa shape index (κ1) is 17.1. The predicted octanol–water partition coefficient (Wildman–Crippen LogP) is 1.21. The maximum absolute atomic E-state index is 13.6. The summed E-state index contributed by atoms with van der Waals surface area (Å²) in [5.41, 5.74) is -0.812. The van der Waals surface area contributed by atoms with Crippen LogP contribution < -0.4 is 5.32 Å². The van der Waals surface area contributed by atoms with E-state index in [9.17, 15) is 22.7 Å². The first-order valence-corrected chi connectivity index (χ1v) is 10.2. The summed E-state index contributed by atoms with van der Waals surface area (Å²) in [4.78, 5) is 12.7. The molecule has 3 aliphatic rings. The van der Waals surface area contributed by atoms with Crippen LogP contribution in [0.3, 0.4) is 0 Å². The van der Waals surface area contributed by atoms with Gasteiger partial charge in [0.1, 0.15) is 12.4 Å². The van der Waals surface area contributed by atoms with Crippen molar-refractivity contribution < 1.29 is 27.4 Å². The van der Waals surface area contributed by atoms with Crippen molar-refractivity contribution in [3.63, 3.8) is 0 Å². The Labute approximate surface area is 152 Å². The molecule has 134 valence electrons. The molecule has 9 heteroatoms. The number of hydrogen-bond acceptors (Lipinski definition) is 6. The number of halogens is 2. The van der Waals surface area contributed by atoms with E-state index in [0.29, 0.717) is 11.3 Å². The second-order valence-electron chi connectivity index (χ2n) is 6.55. The van der Waals surface area contributed by atoms with E-state index in [1.807, 2.05) is 0 Å². The molecule has 0 spiro atoms. The zero-order valence-corrected chi connectivity index (χ0v) is 15.4. The number of ketones is 1. The highest BCUT2D eigenvalue weighted by atomic mass is 79.9. The van der Waals surface area contributed by atoms with Crippen LogP contribution in [0, 0.1) is 11.7 Å². The minimum Gasteiger partial charge on any atom is -0.369 e. The molecule has 25 heavy (non-hydrogen) atoms. The molecule has 0 radical (unpaired) electrons. The van der Waals surface area contributed by atoms with Gasteiger partial charge in [-0.1, -0.05) is 6.07 Å². The highest BCUT2D eigenvalue weighted by Crippen LogP contribution is 2.49. The maximum Gasteiger partial charge on any atom is 0.177 e. The maximum atomic E-state index is 13.6. The molecule has 1 saturated heterocycles. The van der Waals surface area contributed by atoms with Gasteiger partial charge in [-0.05, 0) is 33.6 Å². The smallest absolute Gasteiger partial charge is 0.177 e. The summed E-state index contributed by atoms with van der Waals surface area (Å²) in [7, 11) is -3.56. The van der Waals surface area contributed by atoms with E-state index in [4.69, 9.17) is 4.74 Å². The molecule has 0 bridgehead atoms. The molecular weight excluding hydrogens is 417 g/mol. The van der Waals surface area contributed by atoms with Gasteiger partial charge >= 0.3 is 0 Å². The van der Waals surface area contributed by atoms with Gasteiger partial charge in [0.05, 0.1) is 27.7 Å². The minimum absolute atomic E-state index is 0.0820. The molecule has 0 aromatic heterocycles. The zero-order valence-electron chi connectivity index (χ0n) is 13.0. The lowest BCUT2D eigenvalue weighted by Crippen LogP contribution is -2.64. The van der Waals surface area contributed by atoms with Crippen LogP contribution in [0.4, 0.5) is 4.39 Å². The van der Waals surface area contributed by atoms with Crippen LogP contribution in [0.1, 0.15) is 17.9 Å². The van der Waals surface area contributed by atoms with E-state index >= 15 is 0 Å². The summed E-state index contributed by atoms with van der Waals surface area (Å²) in [6.45, 7) is -0.324. The highest BCUT2D eigenvalue weighted by molar-refractivity contribution is 9.10. The summed E-state index contributed by atoms with van der Waals surface area (Å²) in [6.07, 6.45) is 0.236. The number of hydrogen-bond donors (Lipinski definition) is 2. The van der Waals surface area contributed by atoms with Crippen LogP contribution in [-0.4, -0.2) is 44.0 Å². The number of carbonyl (C=O) groups excluding carboxylic acids is 1. The molecule has 1 fully saturated rings. The van der Waals surface area contributed by atoms with Crippen molar-refractivity contribution in [1.29, 1.82) is 0 Å². The van der Waals surface area contributed by atoms with E-state index in [-0.39, 0.29) is 40.5 Å². The molecule has 0 aliphatic carbocycles. The van der Waals surface area contributed by atoms with Crippen molar-refractivity contribution in [3.8, 4) is 0 Å². The fourth-order valence-corrected chi connectivity index (χ4v) is 6.23. The first-order valence-electron chi connectivity index (χ1n) is 7.75. The van der Waals surface area contributed by atoms with E-state index in [1.165, 1.54) is 18.2 Å². The van der Waals surface area contributed by atoms with Gasteiger partial charge in [-0.2, -0.15) is 0 Å². The van der Waals surface area contributed by atoms with Gasteiger partial charge in [0, 0.05) is 18.0 Å². The molecule has 2 N–H and O–H groups in total. The molecule has 1 aromatic rings. The van der Waals surface area contributed by atoms with Crippen molar-refractivity contribution >= 4 is 31.6 Å². The van der Waals surface area contributed by atoms with E-state index in [0.717, 1.165) is 0 Å². The summed E-state index contributed by atoms with van der Waals surface area (Å²) < 4.78 is 44.2. The molecule has 0 amide bonds. The number of nitrogens with one attached hydrogen (secondary N) is 1. The number of rotatable bonds is 1. The number of fused-ring (bicyclic) bond motifs is 1. The number of benzene rings is 1. The lowest BCUT2D eigenvalue weighted by molar-refractivity contribution is -0.170. The Balaban J connectivity index is 1.96. The second-order valence-corrected chi connectivity index (χ2v) is 9.48. The standard InChI is InChI=1S/C16H15BrFNO5S/c17-9-5-8(1-2-10(9)18)13-14-12(20)6-24-7-16(14,21)19-11-3-4-25(22,23)15(11)13/h1-2,5,13-14,19,21H,3-4,6-7H2. The summed E-state index contributed by atoms with van der Waals surface area (Å²) >= 11 is 3.10. The molecule has 0 saturated carbocycles. The van der Waals surface area contributed by atoms with Gasteiger partial charge in [-0.15, -0.1) is 0 Å². The first-order chi connectivity index (χ1) is 11.7. The Morgan fingerprint density at radius 1 is 1.40 bits per heavy atom. The van der Waals surface area contributed by atoms with Crippen LogP contribution in [0.25, 0.3) is 0 Å². The summed E-state index contributed by atoms with van der Waals surface area (Å²) in [5, 5.41) is 13.8. The molecule has 4 rings (SSSR count). The lowest BCUT2D eigenvalue weighted by atomic mass is 9.72. The number of Topliss-reactive ketones (excluding diaryl/α,β-unsaturated/α-hetero) is 1. The molecule has 3 unspecified atom stereocenters. The summed E-state index contributed by atoms with van der Waals surface area (Å²) in [6, 6.07) is 4.14. The Morgan fingerprint density at radius 2 is 2.16 bits per heavy atom. The average Bonchev–Trinajstić information content (AvgIpc) is 2.82. The molecular formula is C16H15BrFNO5S. The normalized spacial score (nSPS) is 33.6. The fourth-order valence-electron chi connectivity index (χ4n) is 3.95. The molecule has 3 aliphatic heterocycles. The fraction of sp³-hybridized carbons (Fsp3) is 0.438. The van der Waals surface area contributed by atoms with Crippen molar-refractivity contribution in [2.24, 2.45) is 5.92 Å². The number of allylic oxidation sites excluding steroid dienone is 2. The van der Waals surface area contributed by atoms with Crippen molar-refractivity contribution in [1.82, 2.24) is 5.32 Å². The van der Waals surface area contributed by atoms with E-state index < -0.39 is 33.2 Å².